The maximum absolute atomic E-state index is 12.5. The fraction of sp³-hybridized carbons (Fsp3) is 0.769. The van der Waals surface area contributed by atoms with Crippen LogP contribution in [0.15, 0.2) is 6.07 Å². The zero-order valence-electron chi connectivity index (χ0n) is 12.0. The topological polar surface area (TPSA) is 44.0 Å². The van der Waals surface area contributed by atoms with Gasteiger partial charge in [-0.1, -0.05) is 6.92 Å². The predicted molar refractivity (Wildman–Crippen MR) is 77.4 cm³/mol. The summed E-state index contributed by atoms with van der Waals surface area (Å²) in [4.78, 5) is 2.22. The van der Waals surface area contributed by atoms with E-state index in [1.54, 1.807) is 0 Å². The number of nitrogens with one attached hydrogen (secondary N) is 2. The first-order valence-corrected chi connectivity index (χ1v) is 7.07. The number of nitrogens with zero attached hydrogens (tertiary/aromatic N) is 2. The Balaban J connectivity index is 0.00000220. The van der Waals surface area contributed by atoms with Crippen molar-refractivity contribution in [3.63, 3.8) is 0 Å². The molecule has 0 amide bonds. The summed E-state index contributed by atoms with van der Waals surface area (Å²) >= 11 is 0. The Morgan fingerprint density at radius 1 is 1.33 bits per heavy atom. The van der Waals surface area contributed by atoms with Crippen molar-refractivity contribution in [1.82, 2.24) is 20.4 Å². The van der Waals surface area contributed by atoms with Crippen molar-refractivity contribution in [3.05, 3.63) is 17.5 Å². The number of alkyl halides is 3. The summed E-state index contributed by atoms with van der Waals surface area (Å²) < 4.78 is 37.6. The van der Waals surface area contributed by atoms with Crippen molar-refractivity contribution in [3.8, 4) is 0 Å². The smallest absolute Gasteiger partial charge is 0.317 e. The maximum atomic E-state index is 12.5. The quantitative estimate of drug-likeness (QED) is 0.894. The third kappa shape index (κ3) is 5.16. The van der Waals surface area contributed by atoms with Crippen molar-refractivity contribution in [2.24, 2.45) is 0 Å². The Morgan fingerprint density at radius 2 is 2.10 bits per heavy atom. The average Bonchev–Trinajstić information content (AvgIpc) is 2.71. The minimum atomic E-state index is -4.38. The van der Waals surface area contributed by atoms with Gasteiger partial charge >= 0.3 is 6.18 Å². The van der Waals surface area contributed by atoms with Crippen LogP contribution in [0.2, 0.25) is 0 Å². The zero-order chi connectivity index (χ0) is 14.6. The normalized spacial score (nSPS) is 20.1. The van der Waals surface area contributed by atoms with Crippen molar-refractivity contribution < 1.29 is 13.2 Å². The highest BCUT2D eigenvalue weighted by Gasteiger charge is 2.34. The van der Waals surface area contributed by atoms with Crippen molar-refractivity contribution in [2.75, 3.05) is 19.6 Å². The summed E-state index contributed by atoms with van der Waals surface area (Å²) in [5.41, 5.74) is -0.317. The second-order valence-corrected chi connectivity index (χ2v) is 5.17. The van der Waals surface area contributed by atoms with Gasteiger partial charge in [-0.05, 0) is 45.0 Å². The third-order valence-electron chi connectivity index (χ3n) is 3.76. The zero-order valence-corrected chi connectivity index (χ0v) is 12.9. The van der Waals surface area contributed by atoms with Crippen LogP contribution >= 0.6 is 12.4 Å². The highest BCUT2D eigenvalue weighted by Crippen LogP contribution is 2.28. The van der Waals surface area contributed by atoms with E-state index in [0.717, 1.165) is 45.0 Å². The van der Waals surface area contributed by atoms with Gasteiger partial charge in [-0.3, -0.25) is 10.00 Å². The molecule has 1 aromatic heterocycles. The minimum Gasteiger partial charge on any atom is -0.317 e. The molecule has 2 N–H and O–H groups in total. The molecule has 0 aliphatic carbocycles. The first-order chi connectivity index (χ1) is 9.50. The number of aromatic nitrogens is 2. The summed E-state index contributed by atoms with van der Waals surface area (Å²) in [5, 5.41) is 9.20. The maximum Gasteiger partial charge on any atom is 0.435 e. The number of hydrogen-bond donors (Lipinski definition) is 2. The van der Waals surface area contributed by atoms with Crippen molar-refractivity contribution in [1.29, 1.82) is 0 Å². The molecule has 0 saturated carbocycles. The molecule has 1 fully saturated rings. The number of hydrogen-bond acceptors (Lipinski definition) is 3. The van der Waals surface area contributed by atoms with E-state index in [1.807, 2.05) is 6.92 Å². The van der Waals surface area contributed by atoms with Gasteiger partial charge in [-0.2, -0.15) is 18.3 Å². The molecule has 1 aliphatic rings. The Kier molecular flexibility index (Phi) is 6.96. The number of rotatable bonds is 4. The molecule has 21 heavy (non-hydrogen) atoms. The van der Waals surface area contributed by atoms with Crippen LogP contribution in [0.3, 0.4) is 0 Å². The van der Waals surface area contributed by atoms with Gasteiger partial charge in [-0.15, -0.1) is 12.4 Å². The van der Waals surface area contributed by atoms with Gasteiger partial charge in [0.1, 0.15) is 0 Å². The average molecular weight is 327 g/mol. The van der Waals surface area contributed by atoms with Gasteiger partial charge in [0.05, 0.1) is 0 Å². The van der Waals surface area contributed by atoms with Crippen LogP contribution in [0.5, 0.6) is 0 Å². The van der Waals surface area contributed by atoms with Crippen LogP contribution in [0.25, 0.3) is 0 Å². The Hall–Kier alpha value is -0.790. The second-order valence-electron chi connectivity index (χ2n) is 5.17. The SMILES string of the molecule is CCN(Cc1cc(C(F)(F)F)n[nH]1)C1CCCNCC1.Cl. The first kappa shape index (κ1) is 18.3. The summed E-state index contributed by atoms with van der Waals surface area (Å²) in [5.74, 6) is 0. The molecule has 2 heterocycles. The lowest BCUT2D eigenvalue weighted by atomic mass is 10.1. The lowest BCUT2D eigenvalue weighted by Crippen LogP contribution is -2.35. The molecule has 1 saturated heterocycles. The molecule has 1 aliphatic heterocycles. The Bertz CT molecular complexity index is 414. The molecule has 8 heteroatoms. The van der Waals surface area contributed by atoms with E-state index in [4.69, 9.17) is 0 Å². The third-order valence-corrected chi connectivity index (χ3v) is 3.76. The summed E-state index contributed by atoms with van der Waals surface area (Å²) in [6, 6.07) is 1.53. The van der Waals surface area contributed by atoms with E-state index >= 15 is 0 Å². The largest absolute Gasteiger partial charge is 0.435 e. The highest BCUT2D eigenvalue weighted by molar-refractivity contribution is 5.85. The van der Waals surface area contributed by atoms with E-state index in [-0.39, 0.29) is 12.4 Å². The molecule has 0 spiro atoms. The van der Waals surface area contributed by atoms with Crippen LogP contribution in [0, 0.1) is 0 Å². The molecule has 2 rings (SSSR count). The van der Waals surface area contributed by atoms with Crippen molar-refractivity contribution in [2.45, 2.75) is 44.9 Å². The highest BCUT2D eigenvalue weighted by atomic mass is 35.5. The molecule has 0 aromatic carbocycles. The number of H-pyrrole nitrogens is 1. The second kappa shape index (κ2) is 8.00. The van der Waals surface area contributed by atoms with Gasteiger partial charge in [-0.25, -0.2) is 0 Å². The molecule has 4 nitrogen and oxygen atoms in total. The Morgan fingerprint density at radius 3 is 2.71 bits per heavy atom. The van der Waals surface area contributed by atoms with E-state index in [9.17, 15) is 13.2 Å². The molecule has 122 valence electrons. The number of halogens is 4. The van der Waals surface area contributed by atoms with Gasteiger partial charge in [0.2, 0.25) is 0 Å². The molecule has 1 atom stereocenters. The van der Waals surface area contributed by atoms with Crippen LogP contribution in [0.1, 0.15) is 37.6 Å². The molecular formula is C13H22ClF3N4. The van der Waals surface area contributed by atoms with E-state index < -0.39 is 11.9 Å². The minimum absolute atomic E-state index is 0. The summed E-state index contributed by atoms with van der Waals surface area (Å²) in [6.45, 7) is 5.35. The summed E-state index contributed by atoms with van der Waals surface area (Å²) in [7, 11) is 0. The predicted octanol–water partition coefficient (Wildman–Crippen LogP) is 2.81. The lowest BCUT2D eigenvalue weighted by Gasteiger charge is -2.29. The lowest BCUT2D eigenvalue weighted by molar-refractivity contribution is -0.141. The fourth-order valence-electron chi connectivity index (χ4n) is 2.67. The fourth-order valence-corrected chi connectivity index (χ4v) is 2.67. The van der Waals surface area contributed by atoms with Gasteiger partial charge in [0.25, 0.3) is 0 Å². The van der Waals surface area contributed by atoms with E-state index in [2.05, 4.69) is 20.4 Å². The molecule has 0 radical (unpaired) electrons. The molecule has 1 aromatic rings. The van der Waals surface area contributed by atoms with Crippen LogP contribution in [-0.4, -0.2) is 40.8 Å². The van der Waals surface area contributed by atoms with Crippen LogP contribution in [0.4, 0.5) is 13.2 Å². The molecule has 0 bridgehead atoms. The van der Waals surface area contributed by atoms with Gasteiger partial charge < -0.3 is 5.32 Å². The summed E-state index contributed by atoms with van der Waals surface area (Å²) in [6.07, 6.45) is -1.15. The molecule has 1 unspecified atom stereocenters. The van der Waals surface area contributed by atoms with Crippen LogP contribution < -0.4 is 5.32 Å². The van der Waals surface area contributed by atoms with E-state index in [0.29, 0.717) is 18.3 Å². The first-order valence-electron chi connectivity index (χ1n) is 7.07. The van der Waals surface area contributed by atoms with Crippen LogP contribution in [-0.2, 0) is 12.7 Å². The van der Waals surface area contributed by atoms with Gasteiger partial charge in [0, 0.05) is 18.3 Å². The van der Waals surface area contributed by atoms with Crippen molar-refractivity contribution >= 4 is 12.4 Å². The molecular weight excluding hydrogens is 305 g/mol. The van der Waals surface area contributed by atoms with E-state index in [1.165, 1.54) is 0 Å². The number of aromatic amines is 1. The monoisotopic (exact) mass is 326 g/mol. The Labute approximate surface area is 128 Å². The van der Waals surface area contributed by atoms with Gasteiger partial charge in [0.15, 0.2) is 5.69 Å². The standard InChI is InChI=1S/C13H21F3N4.ClH/c1-2-20(11-4-3-6-17-7-5-11)9-10-8-12(19-18-10)13(14,15)16;/h8,11,17H,2-7,9H2,1H3,(H,18,19);1H.